The maximum Gasteiger partial charge on any atom is 0.430 e. The van der Waals surface area contributed by atoms with Gasteiger partial charge in [0.25, 0.3) is 11.5 Å². The highest BCUT2D eigenvalue weighted by Gasteiger charge is 2.31. The molecule has 1 amide bonds. The third kappa shape index (κ3) is 5.64. The molecular formula is C20H15ClF3N5O2. The zero-order valence-electron chi connectivity index (χ0n) is 15.6. The lowest BCUT2D eigenvalue weighted by Gasteiger charge is -2.10. The van der Waals surface area contributed by atoms with Gasteiger partial charge in [0.2, 0.25) is 0 Å². The van der Waals surface area contributed by atoms with Crippen molar-refractivity contribution in [2.75, 3.05) is 5.32 Å². The summed E-state index contributed by atoms with van der Waals surface area (Å²) >= 11 is 6.07. The number of nitrogens with one attached hydrogen (secondary N) is 3. The summed E-state index contributed by atoms with van der Waals surface area (Å²) < 4.78 is 38.9. The van der Waals surface area contributed by atoms with Crippen LogP contribution in [-0.4, -0.2) is 28.0 Å². The van der Waals surface area contributed by atoms with Gasteiger partial charge in [-0.15, -0.1) is 0 Å². The fraction of sp³-hybridized carbons (Fsp3) is 0.0500. The minimum absolute atomic E-state index is 0.0927. The van der Waals surface area contributed by atoms with Crippen LogP contribution in [0.4, 0.5) is 24.7 Å². The Balaban J connectivity index is 1.95. The van der Waals surface area contributed by atoms with E-state index >= 15 is 0 Å². The van der Waals surface area contributed by atoms with Crippen LogP contribution < -0.4 is 16.6 Å². The molecule has 3 rings (SSSR count). The first-order valence-corrected chi connectivity index (χ1v) is 9.08. The molecule has 0 aliphatic rings. The molecule has 1 heterocycles. The number of alkyl halides is 3. The first-order valence-electron chi connectivity index (χ1n) is 8.70. The molecule has 0 saturated carbocycles. The standard InChI is InChI=1S/C20H15ClF3N5O2/c21-13-3-1-2-4-14(13)26-15(9-16(25)20(22,23)24)11-5-7-12(8-6-11)19(31)27-17-10-18(30)29-28-17/h1-10H,25H2,(H3,27,28,29,30,31). The maximum absolute atomic E-state index is 13.0. The van der Waals surface area contributed by atoms with Gasteiger partial charge in [-0.05, 0) is 30.3 Å². The molecule has 0 fully saturated rings. The quantitative estimate of drug-likeness (QED) is 0.439. The van der Waals surface area contributed by atoms with Gasteiger partial charge in [0.15, 0.2) is 0 Å². The average Bonchev–Trinajstić information content (AvgIpc) is 3.13. The lowest BCUT2D eigenvalue weighted by Crippen LogP contribution is -2.21. The van der Waals surface area contributed by atoms with E-state index in [0.717, 1.165) is 6.07 Å². The molecule has 5 N–H and O–H groups in total. The first kappa shape index (κ1) is 21.9. The number of halogens is 4. The normalized spacial score (nSPS) is 12.6. The van der Waals surface area contributed by atoms with Crippen molar-refractivity contribution in [1.29, 1.82) is 0 Å². The molecule has 0 aliphatic heterocycles. The van der Waals surface area contributed by atoms with Crippen LogP contribution >= 0.6 is 11.6 Å². The number of anilines is 1. The molecule has 31 heavy (non-hydrogen) atoms. The Morgan fingerprint density at radius 2 is 1.71 bits per heavy atom. The number of rotatable bonds is 5. The Morgan fingerprint density at radius 3 is 2.29 bits per heavy atom. The van der Waals surface area contributed by atoms with Crippen molar-refractivity contribution in [2.45, 2.75) is 6.18 Å². The molecule has 2 aromatic carbocycles. The summed E-state index contributed by atoms with van der Waals surface area (Å²) in [7, 11) is 0. The second-order valence-electron chi connectivity index (χ2n) is 6.25. The SMILES string of the molecule is NC(=CC(=Nc1ccccc1Cl)c1ccc(C(=O)Nc2cc(=O)[nH][nH]2)cc1)C(F)(F)F. The fourth-order valence-corrected chi connectivity index (χ4v) is 2.65. The lowest BCUT2D eigenvalue weighted by atomic mass is 10.1. The highest BCUT2D eigenvalue weighted by atomic mass is 35.5. The van der Waals surface area contributed by atoms with E-state index in [9.17, 15) is 22.8 Å². The first-order chi connectivity index (χ1) is 14.6. The molecule has 0 aliphatic carbocycles. The molecule has 11 heteroatoms. The van der Waals surface area contributed by atoms with Crippen LogP contribution in [0.3, 0.4) is 0 Å². The maximum atomic E-state index is 13.0. The number of carbonyl (C=O) groups is 1. The molecule has 3 aromatic rings. The van der Waals surface area contributed by atoms with Crippen LogP contribution in [0.15, 0.2) is 76.2 Å². The highest BCUT2D eigenvalue weighted by molar-refractivity contribution is 6.33. The molecular weight excluding hydrogens is 435 g/mol. The van der Waals surface area contributed by atoms with Gasteiger partial charge in [-0.2, -0.15) is 13.2 Å². The van der Waals surface area contributed by atoms with E-state index in [0.29, 0.717) is 6.08 Å². The Labute approximate surface area is 178 Å². The number of aliphatic imine (C=N–C) groups is 1. The number of aromatic amines is 2. The van der Waals surface area contributed by atoms with Crippen LogP contribution in [0, 0.1) is 0 Å². The van der Waals surface area contributed by atoms with E-state index in [1.54, 1.807) is 24.3 Å². The van der Waals surface area contributed by atoms with Crippen molar-refractivity contribution in [2.24, 2.45) is 10.7 Å². The second kappa shape index (κ2) is 8.92. The van der Waals surface area contributed by atoms with Crippen molar-refractivity contribution < 1.29 is 18.0 Å². The summed E-state index contributed by atoms with van der Waals surface area (Å²) in [4.78, 5) is 27.6. The molecule has 0 radical (unpaired) electrons. The predicted molar refractivity (Wildman–Crippen MR) is 112 cm³/mol. The van der Waals surface area contributed by atoms with Gasteiger partial charge >= 0.3 is 6.18 Å². The van der Waals surface area contributed by atoms with Gasteiger partial charge in [0, 0.05) is 17.2 Å². The zero-order chi connectivity index (χ0) is 22.6. The molecule has 0 bridgehead atoms. The smallest absolute Gasteiger partial charge is 0.395 e. The minimum atomic E-state index is -4.74. The number of carbonyl (C=O) groups excluding carboxylic acids is 1. The largest absolute Gasteiger partial charge is 0.430 e. The molecule has 160 valence electrons. The van der Waals surface area contributed by atoms with Gasteiger partial charge < -0.3 is 11.1 Å². The van der Waals surface area contributed by atoms with Crippen molar-refractivity contribution in [3.8, 4) is 0 Å². The van der Waals surface area contributed by atoms with Gasteiger partial charge in [0.1, 0.15) is 11.5 Å². The van der Waals surface area contributed by atoms with Crippen molar-refractivity contribution in [1.82, 2.24) is 10.2 Å². The summed E-state index contributed by atoms with van der Waals surface area (Å²) in [5, 5.41) is 7.47. The Kier molecular flexibility index (Phi) is 6.30. The van der Waals surface area contributed by atoms with Crippen LogP contribution in [0.2, 0.25) is 5.02 Å². The minimum Gasteiger partial charge on any atom is -0.395 e. The molecule has 0 spiro atoms. The number of H-pyrrole nitrogens is 2. The third-order valence-electron chi connectivity index (χ3n) is 4.00. The number of hydrogen-bond donors (Lipinski definition) is 4. The van der Waals surface area contributed by atoms with Crippen LogP contribution in [0.25, 0.3) is 0 Å². The van der Waals surface area contributed by atoms with E-state index in [4.69, 9.17) is 17.3 Å². The number of aromatic nitrogens is 2. The molecule has 0 saturated heterocycles. The Bertz CT molecular complexity index is 1210. The number of hydrogen-bond acceptors (Lipinski definition) is 4. The molecule has 0 atom stereocenters. The van der Waals surface area contributed by atoms with Crippen molar-refractivity contribution in [3.05, 3.63) is 92.9 Å². The van der Waals surface area contributed by atoms with Crippen LogP contribution in [0.5, 0.6) is 0 Å². The summed E-state index contributed by atoms with van der Waals surface area (Å²) in [6, 6.07) is 13.2. The third-order valence-corrected chi connectivity index (χ3v) is 4.32. The summed E-state index contributed by atoms with van der Waals surface area (Å²) in [6.45, 7) is 0. The number of nitrogens with two attached hydrogens (primary N) is 1. The van der Waals surface area contributed by atoms with Gasteiger partial charge in [-0.3, -0.25) is 19.8 Å². The number of allylic oxidation sites excluding steroid dienone is 2. The predicted octanol–water partition coefficient (Wildman–Crippen LogP) is 4.13. The molecule has 0 unspecified atom stereocenters. The number of nitrogens with zero attached hydrogens (tertiary/aromatic N) is 1. The van der Waals surface area contributed by atoms with E-state index in [-0.39, 0.29) is 33.4 Å². The second-order valence-corrected chi connectivity index (χ2v) is 6.66. The Morgan fingerprint density at radius 1 is 1.06 bits per heavy atom. The zero-order valence-corrected chi connectivity index (χ0v) is 16.4. The molecule has 7 nitrogen and oxygen atoms in total. The van der Waals surface area contributed by atoms with Gasteiger partial charge in [-0.1, -0.05) is 35.9 Å². The summed E-state index contributed by atoms with van der Waals surface area (Å²) in [5.41, 5.74) is 4.06. The van der Waals surface area contributed by atoms with E-state index in [1.807, 2.05) is 0 Å². The van der Waals surface area contributed by atoms with Gasteiger partial charge in [-0.25, -0.2) is 4.99 Å². The summed E-state index contributed by atoms with van der Waals surface area (Å²) in [5.74, 6) is -0.363. The lowest BCUT2D eigenvalue weighted by molar-refractivity contribution is -0.0925. The van der Waals surface area contributed by atoms with Gasteiger partial charge in [0.05, 0.1) is 16.4 Å². The van der Waals surface area contributed by atoms with E-state index < -0.39 is 23.3 Å². The van der Waals surface area contributed by atoms with E-state index in [1.165, 1.54) is 24.3 Å². The highest BCUT2D eigenvalue weighted by Crippen LogP contribution is 2.27. The molecule has 1 aromatic heterocycles. The summed E-state index contributed by atoms with van der Waals surface area (Å²) in [6.07, 6.45) is -4.04. The van der Waals surface area contributed by atoms with Crippen molar-refractivity contribution in [3.63, 3.8) is 0 Å². The number of para-hydroxylation sites is 1. The Hall–Kier alpha value is -3.79. The topological polar surface area (TPSA) is 116 Å². The van der Waals surface area contributed by atoms with Crippen LogP contribution in [0.1, 0.15) is 15.9 Å². The number of amides is 1. The monoisotopic (exact) mass is 449 g/mol. The van der Waals surface area contributed by atoms with E-state index in [2.05, 4.69) is 20.5 Å². The van der Waals surface area contributed by atoms with Crippen molar-refractivity contribution >= 4 is 34.7 Å². The number of benzene rings is 2. The fourth-order valence-electron chi connectivity index (χ4n) is 2.47. The average molecular weight is 450 g/mol. The van der Waals surface area contributed by atoms with Crippen LogP contribution in [-0.2, 0) is 0 Å².